The maximum absolute atomic E-state index is 5.12. The molecule has 0 aliphatic heterocycles. The monoisotopic (exact) mass is 402 g/mol. The summed E-state index contributed by atoms with van der Waals surface area (Å²) in [5.74, 6) is 1.06. The van der Waals surface area contributed by atoms with Crippen LogP contribution in [0, 0.1) is 0 Å². The van der Waals surface area contributed by atoms with Crippen LogP contribution in [0.5, 0.6) is 0 Å². The van der Waals surface area contributed by atoms with E-state index in [1.807, 2.05) is 0 Å². The number of aromatic nitrogens is 2. The van der Waals surface area contributed by atoms with E-state index in [1.54, 1.807) is 0 Å². The van der Waals surface area contributed by atoms with Gasteiger partial charge in [0.2, 0.25) is 0 Å². The van der Waals surface area contributed by atoms with Crippen LogP contribution in [-0.4, -0.2) is 9.97 Å². The molecule has 0 spiro atoms. The number of fused-ring (bicyclic) bond motifs is 1. The highest BCUT2D eigenvalue weighted by atomic mass is 14.9. The first-order valence-corrected chi connectivity index (χ1v) is 10.9. The number of nitrogens with one attached hydrogen (secondary N) is 1. The van der Waals surface area contributed by atoms with E-state index in [2.05, 4.69) is 120 Å². The average molecular weight is 403 g/mol. The van der Waals surface area contributed by atoms with Crippen LogP contribution in [0.1, 0.15) is 22.5 Å². The fourth-order valence-electron chi connectivity index (χ4n) is 4.60. The molecular formula is C29H26N2. The highest BCUT2D eigenvalue weighted by Gasteiger charge is 2.36. The van der Waals surface area contributed by atoms with Crippen molar-refractivity contribution in [2.24, 2.45) is 0 Å². The molecule has 0 amide bonds. The third-order valence-corrected chi connectivity index (χ3v) is 6.05. The number of nitrogens with zero attached hydrogens (tertiary/aromatic N) is 1. The molecule has 0 radical (unpaired) electrons. The molecule has 1 heterocycles. The van der Waals surface area contributed by atoms with Gasteiger partial charge in [0.05, 0.1) is 11.0 Å². The molecule has 152 valence electrons. The minimum absolute atomic E-state index is 0.191. The lowest BCUT2D eigenvalue weighted by atomic mass is 9.71. The highest BCUT2D eigenvalue weighted by molar-refractivity contribution is 5.75. The van der Waals surface area contributed by atoms with Crippen LogP contribution in [0.15, 0.2) is 115 Å². The van der Waals surface area contributed by atoms with Gasteiger partial charge in [-0.3, -0.25) is 0 Å². The first kappa shape index (κ1) is 19.3. The van der Waals surface area contributed by atoms with E-state index >= 15 is 0 Å². The summed E-state index contributed by atoms with van der Waals surface area (Å²) < 4.78 is 0. The van der Waals surface area contributed by atoms with Gasteiger partial charge in [-0.15, -0.1) is 0 Å². The fourth-order valence-corrected chi connectivity index (χ4v) is 4.60. The van der Waals surface area contributed by atoms with Crippen molar-refractivity contribution in [1.82, 2.24) is 9.97 Å². The van der Waals surface area contributed by atoms with Crippen molar-refractivity contribution < 1.29 is 0 Å². The van der Waals surface area contributed by atoms with E-state index in [4.69, 9.17) is 4.98 Å². The third kappa shape index (κ3) is 4.29. The lowest BCUT2D eigenvalue weighted by molar-refractivity contribution is 0.394. The smallest absolute Gasteiger partial charge is 0.114 e. The quantitative estimate of drug-likeness (QED) is 0.329. The summed E-state index contributed by atoms with van der Waals surface area (Å²) in [6, 6.07) is 40.7. The molecule has 0 atom stereocenters. The van der Waals surface area contributed by atoms with E-state index in [9.17, 15) is 0 Å². The molecule has 5 rings (SSSR count). The second kappa shape index (κ2) is 8.61. The zero-order valence-corrected chi connectivity index (χ0v) is 17.5. The first-order chi connectivity index (χ1) is 15.3. The van der Waals surface area contributed by atoms with Crippen molar-refractivity contribution >= 4 is 11.0 Å². The van der Waals surface area contributed by atoms with Gasteiger partial charge in [-0.05, 0) is 48.1 Å². The topological polar surface area (TPSA) is 28.7 Å². The summed E-state index contributed by atoms with van der Waals surface area (Å²) in [5, 5.41) is 0. The Bertz CT molecular complexity index is 1110. The molecule has 0 fully saturated rings. The van der Waals surface area contributed by atoms with E-state index in [-0.39, 0.29) is 5.41 Å². The average Bonchev–Trinajstić information content (AvgIpc) is 3.26. The lowest BCUT2D eigenvalue weighted by Crippen LogP contribution is -2.36. The summed E-state index contributed by atoms with van der Waals surface area (Å²) in [6.45, 7) is 0. The van der Waals surface area contributed by atoms with E-state index in [1.165, 1.54) is 16.7 Å². The third-order valence-electron chi connectivity index (χ3n) is 6.05. The van der Waals surface area contributed by atoms with Crippen LogP contribution in [0.25, 0.3) is 11.0 Å². The van der Waals surface area contributed by atoms with Crippen molar-refractivity contribution in [3.8, 4) is 0 Å². The lowest BCUT2D eigenvalue weighted by Gasteiger charge is -2.33. The predicted molar refractivity (Wildman–Crippen MR) is 128 cm³/mol. The minimum atomic E-state index is -0.191. The summed E-state index contributed by atoms with van der Waals surface area (Å²) in [5.41, 5.74) is 5.91. The normalized spacial score (nSPS) is 11.6. The van der Waals surface area contributed by atoms with Crippen molar-refractivity contribution in [2.45, 2.75) is 24.7 Å². The molecule has 4 aromatic carbocycles. The van der Waals surface area contributed by atoms with Crippen LogP contribution in [0.4, 0.5) is 0 Å². The molecule has 0 saturated heterocycles. The number of rotatable bonds is 7. The fraction of sp³-hybridized carbons (Fsp3) is 0.138. The summed E-state index contributed by atoms with van der Waals surface area (Å²) in [7, 11) is 0. The number of hydrogen-bond donors (Lipinski definition) is 1. The van der Waals surface area contributed by atoms with Gasteiger partial charge in [-0.1, -0.05) is 103 Å². The number of imidazole rings is 1. The molecule has 1 N–H and O–H groups in total. The Balaban J connectivity index is 1.68. The van der Waals surface area contributed by atoms with Crippen LogP contribution >= 0.6 is 0 Å². The minimum Gasteiger partial charge on any atom is -0.341 e. The van der Waals surface area contributed by atoms with Gasteiger partial charge in [0.1, 0.15) is 5.82 Å². The van der Waals surface area contributed by atoms with E-state index in [0.717, 1.165) is 36.1 Å². The molecule has 0 unspecified atom stereocenters. The molecule has 0 aliphatic carbocycles. The SMILES string of the molecule is c1ccc(CC(Cc2ccccc2)(Cc2ccccc2)c2nc3ccccc3[nH]2)cc1. The summed E-state index contributed by atoms with van der Waals surface area (Å²) in [6.07, 6.45) is 2.74. The maximum Gasteiger partial charge on any atom is 0.114 e. The molecule has 0 saturated carbocycles. The van der Waals surface area contributed by atoms with Gasteiger partial charge in [-0.2, -0.15) is 0 Å². The van der Waals surface area contributed by atoms with Crippen LogP contribution in [0.2, 0.25) is 0 Å². The number of aromatic amines is 1. The Morgan fingerprint density at radius 1 is 0.516 bits per heavy atom. The van der Waals surface area contributed by atoms with Gasteiger partial charge in [0.25, 0.3) is 0 Å². The predicted octanol–water partition coefficient (Wildman–Crippen LogP) is 6.53. The summed E-state index contributed by atoms with van der Waals surface area (Å²) >= 11 is 0. The molecule has 0 bridgehead atoms. The largest absolute Gasteiger partial charge is 0.341 e. The zero-order chi connectivity index (χ0) is 20.9. The van der Waals surface area contributed by atoms with Crippen molar-refractivity contribution in [2.75, 3.05) is 0 Å². The second-order valence-electron chi connectivity index (χ2n) is 8.37. The van der Waals surface area contributed by atoms with Crippen molar-refractivity contribution in [1.29, 1.82) is 0 Å². The Morgan fingerprint density at radius 2 is 0.935 bits per heavy atom. The Hall–Kier alpha value is -3.65. The zero-order valence-electron chi connectivity index (χ0n) is 17.5. The molecule has 2 heteroatoms. The number of H-pyrrole nitrogens is 1. The molecule has 2 nitrogen and oxygen atoms in total. The van der Waals surface area contributed by atoms with Crippen molar-refractivity contribution in [3.05, 3.63) is 138 Å². The van der Waals surface area contributed by atoms with Gasteiger partial charge < -0.3 is 4.98 Å². The Morgan fingerprint density at radius 3 is 1.39 bits per heavy atom. The number of hydrogen-bond acceptors (Lipinski definition) is 1. The standard InChI is InChI=1S/C29H26N2/c1-4-12-23(13-5-1)20-29(21-24-14-6-2-7-15-24,22-25-16-8-3-9-17-25)28-30-26-18-10-11-19-27(26)31-28/h1-19H,20-22H2,(H,30,31). The van der Waals surface area contributed by atoms with Gasteiger partial charge in [0, 0.05) is 5.41 Å². The molecular weight excluding hydrogens is 376 g/mol. The van der Waals surface area contributed by atoms with Crippen LogP contribution < -0.4 is 0 Å². The number of para-hydroxylation sites is 2. The molecule has 5 aromatic rings. The van der Waals surface area contributed by atoms with Crippen molar-refractivity contribution in [3.63, 3.8) is 0 Å². The maximum atomic E-state index is 5.12. The number of benzene rings is 4. The van der Waals surface area contributed by atoms with Crippen LogP contribution in [-0.2, 0) is 24.7 Å². The molecule has 31 heavy (non-hydrogen) atoms. The Kier molecular flexibility index (Phi) is 5.37. The van der Waals surface area contributed by atoms with E-state index in [0.29, 0.717) is 0 Å². The van der Waals surface area contributed by atoms with Crippen LogP contribution in [0.3, 0.4) is 0 Å². The molecule has 1 aromatic heterocycles. The summed E-state index contributed by atoms with van der Waals surface area (Å²) in [4.78, 5) is 8.80. The highest BCUT2D eigenvalue weighted by Crippen LogP contribution is 2.36. The van der Waals surface area contributed by atoms with Gasteiger partial charge in [-0.25, -0.2) is 4.98 Å². The van der Waals surface area contributed by atoms with Gasteiger partial charge in [0.15, 0.2) is 0 Å². The van der Waals surface area contributed by atoms with Gasteiger partial charge >= 0.3 is 0 Å². The second-order valence-corrected chi connectivity index (χ2v) is 8.37. The Labute approximate surface area is 183 Å². The first-order valence-electron chi connectivity index (χ1n) is 10.9. The van der Waals surface area contributed by atoms with E-state index < -0.39 is 0 Å². The molecule has 0 aliphatic rings.